The lowest BCUT2D eigenvalue weighted by Gasteiger charge is -2.19. The van der Waals surface area contributed by atoms with Crippen molar-refractivity contribution in [3.63, 3.8) is 0 Å². The van der Waals surface area contributed by atoms with Crippen molar-refractivity contribution in [3.8, 4) is 5.75 Å². The summed E-state index contributed by atoms with van der Waals surface area (Å²) >= 11 is 0. The van der Waals surface area contributed by atoms with Crippen LogP contribution in [0.3, 0.4) is 0 Å². The van der Waals surface area contributed by atoms with Gasteiger partial charge in [0.1, 0.15) is 5.75 Å². The van der Waals surface area contributed by atoms with Crippen LogP contribution in [0.2, 0.25) is 0 Å². The maximum absolute atomic E-state index is 5.95. The lowest BCUT2D eigenvalue weighted by Crippen LogP contribution is -2.29. The largest absolute Gasteiger partial charge is 0.495 e. The first-order chi connectivity index (χ1) is 15.5. The monoisotopic (exact) mass is 445 g/mol. The SMILES string of the molecule is CCN(CC)CCNc1nc(NCCN(CC)CC)nc(Nc2cc(N)ccc2OC)n1. The van der Waals surface area contributed by atoms with E-state index in [1.807, 2.05) is 6.07 Å². The molecule has 0 atom stereocenters. The van der Waals surface area contributed by atoms with E-state index in [1.165, 1.54) is 0 Å². The number of nitrogens with two attached hydrogens (primary N) is 1. The van der Waals surface area contributed by atoms with E-state index in [2.05, 4.69) is 68.4 Å². The molecular formula is C22H39N9O. The summed E-state index contributed by atoms with van der Waals surface area (Å²) in [5, 5.41) is 9.86. The number of aromatic nitrogens is 3. The molecule has 0 aliphatic carbocycles. The third-order valence-electron chi connectivity index (χ3n) is 5.32. The first-order valence-electron chi connectivity index (χ1n) is 11.4. The lowest BCUT2D eigenvalue weighted by atomic mass is 10.2. The summed E-state index contributed by atoms with van der Waals surface area (Å²) in [5.74, 6) is 2.11. The Morgan fingerprint density at radius 3 is 1.78 bits per heavy atom. The van der Waals surface area contributed by atoms with Crippen molar-refractivity contribution in [2.75, 3.05) is 81.2 Å². The second kappa shape index (κ2) is 13.5. The number of rotatable bonds is 15. The number of nitrogen functional groups attached to an aromatic ring is 1. The standard InChI is InChI=1S/C22H39N9O/c1-6-30(7-2)14-12-24-20-27-21(25-13-15-31(8-3)9-4)29-22(28-20)26-18-16-17(23)10-11-19(18)32-5/h10-11,16H,6-9,12-15,23H2,1-5H3,(H3,24,25,26,27,28,29). The Balaban J connectivity index is 2.18. The molecule has 0 spiro atoms. The highest BCUT2D eigenvalue weighted by molar-refractivity contribution is 5.68. The minimum atomic E-state index is 0.416. The summed E-state index contributed by atoms with van der Waals surface area (Å²) in [4.78, 5) is 18.3. The zero-order valence-corrected chi connectivity index (χ0v) is 20.1. The molecule has 1 aromatic heterocycles. The third-order valence-corrected chi connectivity index (χ3v) is 5.32. The highest BCUT2D eigenvalue weighted by Gasteiger charge is 2.11. The van der Waals surface area contributed by atoms with E-state index in [1.54, 1.807) is 19.2 Å². The molecule has 2 aromatic rings. The molecule has 178 valence electrons. The van der Waals surface area contributed by atoms with Gasteiger partial charge in [0.15, 0.2) is 0 Å². The molecule has 0 unspecified atom stereocenters. The molecular weight excluding hydrogens is 406 g/mol. The van der Waals surface area contributed by atoms with Crippen molar-refractivity contribution in [2.24, 2.45) is 0 Å². The molecule has 1 aromatic carbocycles. The third kappa shape index (κ3) is 8.01. The van der Waals surface area contributed by atoms with Gasteiger partial charge in [-0.05, 0) is 44.4 Å². The summed E-state index contributed by atoms with van der Waals surface area (Å²) in [6.07, 6.45) is 0. The molecule has 0 amide bonds. The van der Waals surface area contributed by atoms with Crippen LogP contribution in [-0.2, 0) is 0 Å². The van der Waals surface area contributed by atoms with Crippen LogP contribution >= 0.6 is 0 Å². The molecule has 0 aliphatic heterocycles. The number of anilines is 5. The van der Waals surface area contributed by atoms with Gasteiger partial charge in [0.25, 0.3) is 0 Å². The number of hydrogen-bond donors (Lipinski definition) is 4. The first kappa shape index (κ1) is 25.4. The number of ether oxygens (including phenoxy) is 1. The molecule has 32 heavy (non-hydrogen) atoms. The van der Waals surface area contributed by atoms with Crippen molar-refractivity contribution in [2.45, 2.75) is 27.7 Å². The van der Waals surface area contributed by atoms with E-state index in [9.17, 15) is 0 Å². The Bertz CT molecular complexity index is 774. The van der Waals surface area contributed by atoms with Crippen LogP contribution < -0.4 is 26.4 Å². The van der Waals surface area contributed by atoms with E-state index in [0.717, 1.165) is 52.4 Å². The van der Waals surface area contributed by atoms with Crippen molar-refractivity contribution >= 4 is 29.2 Å². The molecule has 1 heterocycles. The highest BCUT2D eigenvalue weighted by atomic mass is 16.5. The van der Waals surface area contributed by atoms with E-state index in [0.29, 0.717) is 35.0 Å². The molecule has 0 aliphatic rings. The molecule has 2 rings (SSSR count). The van der Waals surface area contributed by atoms with Gasteiger partial charge < -0.3 is 36.2 Å². The Kier molecular flexibility index (Phi) is 10.8. The number of likely N-dealkylation sites (N-methyl/N-ethyl adjacent to an activating group) is 2. The molecule has 5 N–H and O–H groups in total. The number of nitrogens with one attached hydrogen (secondary N) is 3. The van der Waals surface area contributed by atoms with Gasteiger partial charge in [-0.2, -0.15) is 15.0 Å². The van der Waals surface area contributed by atoms with Crippen molar-refractivity contribution in [1.82, 2.24) is 24.8 Å². The number of nitrogens with zero attached hydrogens (tertiary/aromatic N) is 5. The van der Waals surface area contributed by atoms with Crippen molar-refractivity contribution < 1.29 is 4.74 Å². The van der Waals surface area contributed by atoms with Gasteiger partial charge in [-0.3, -0.25) is 0 Å². The van der Waals surface area contributed by atoms with Gasteiger partial charge in [0, 0.05) is 31.9 Å². The van der Waals surface area contributed by atoms with Crippen LogP contribution in [-0.4, -0.2) is 84.2 Å². The van der Waals surface area contributed by atoms with Crippen LogP contribution in [0, 0.1) is 0 Å². The van der Waals surface area contributed by atoms with Crippen LogP contribution in [0.5, 0.6) is 5.75 Å². The van der Waals surface area contributed by atoms with Crippen LogP contribution in [0.25, 0.3) is 0 Å². The molecule has 10 nitrogen and oxygen atoms in total. The zero-order valence-electron chi connectivity index (χ0n) is 20.1. The van der Waals surface area contributed by atoms with Gasteiger partial charge in [0.2, 0.25) is 17.8 Å². The lowest BCUT2D eigenvalue weighted by molar-refractivity contribution is 0.315. The molecule has 0 saturated carbocycles. The van der Waals surface area contributed by atoms with E-state index >= 15 is 0 Å². The van der Waals surface area contributed by atoms with Crippen LogP contribution in [0.4, 0.5) is 29.2 Å². The van der Waals surface area contributed by atoms with Gasteiger partial charge in [0.05, 0.1) is 12.8 Å². The predicted molar refractivity (Wildman–Crippen MR) is 133 cm³/mol. The molecule has 0 saturated heterocycles. The number of benzene rings is 1. The zero-order chi connectivity index (χ0) is 23.3. The Labute approximate surface area is 192 Å². The average molecular weight is 446 g/mol. The molecule has 0 radical (unpaired) electrons. The second-order valence-electron chi connectivity index (χ2n) is 7.30. The van der Waals surface area contributed by atoms with E-state index < -0.39 is 0 Å². The van der Waals surface area contributed by atoms with Crippen molar-refractivity contribution in [3.05, 3.63) is 18.2 Å². The average Bonchev–Trinajstić information content (AvgIpc) is 2.80. The van der Waals surface area contributed by atoms with Crippen LogP contribution in [0.1, 0.15) is 27.7 Å². The summed E-state index contributed by atoms with van der Waals surface area (Å²) in [7, 11) is 1.62. The Morgan fingerprint density at radius 1 is 0.812 bits per heavy atom. The number of hydrogen-bond acceptors (Lipinski definition) is 10. The molecule has 0 fully saturated rings. The maximum atomic E-state index is 5.95. The quantitative estimate of drug-likeness (QED) is 0.305. The Hall–Kier alpha value is -2.85. The minimum Gasteiger partial charge on any atom is -0.495 e. The minimum absolute atomic E-state index is 0.416. The topological polar surface area (TPSA) is 116 Å². The number of methoxy groups -OCH3 is 1. The molecule has 0 bridgehead atoms. The van der Waals surface area contributed by atoms with Crippen molar-refractivity contribution in [1.29, 1.82) is 0 Å². The second-order valence-corrected chi connectivity index (χ2v) is 7.30. The van der Waals surface area contributed by atoms with Gasteiger partial charge >= 0.3 is 0 Å². The van der Waals surface area contributed by atoms with Gasteiger partial charge in [-0.1, -0.05) is 27.7 Å². The van der Waals surface area contributed by atoms with E-state index in [-0.39, 0.29) is 0 Å². The normalized spacial score (nSPS) is 11.1. The smallest absolute Gasteiger partial charge is 0.233 e. The Morgan fingerprint density at radius 2 is 1.31 bits per heavy atom. The van der Waals surface area contributed by atoms with E-state index in [4.69, 9.17) is 10.5 Å². The summed E-state index contributed by atoms with van der Waals surface area (Å²) in [6, 6.07) is 5.40. The fourth-order valence-electron chi connectivity index (χ4n) is 3.26. The summed E-state index contributed by atoms with van der Waals surface area (Å²) in [5.41, 5.74) is 7.27. The first-order valence-corrected chi connectivity index (χ1v) is 11.4. The van der Waals surface area contributed by atoms with Gasteiger partial charge in [-0.25, -0.2) is 0 Å². The van der Waals surface area contributed by atoms with Crippen LogP contribution in [0.15, 0.2) is 18.2 Å². The predicted octanol–water partition coefficient (Wildman–Crippen LogP) is 2.71. The summed E-state index contributed by atoms with van der Waals surface area (Å²) < 4.78 is 5.43. The van der Waals surface area contributed by atoms with Gasteiger partial charge in [-0.15, -0.1) is 0 Å². The maximum Gasteiger partial charge on any atom is 0.233 e. The fraction of sp³-hybridized carbons (Fsp3) is 0.591. The highest BCUT2D eigenvalue weighted by Crippen LogP contribution is 2.29. The fourth-order valence-corrected chi connectivity index (χ4v) is 3.26. The molecule has 10 heteroatoms. The summed E-state index contributed by atoms with van der Waals surface area (Å²) in [6.45, 7) is 16.0.